The predicted molar refractivity (Wildman–Crippen MR) is 92.2 cm³/mol. The van der Waals surface area contributed by atoms with Crippen molar-refractivity contribution in [3.8, 4) is 11.5 Å². The van der Waals surface area contributed by atoms with Crippen molar-refractivity contribution in [2.24, 2.45) is 5.92 Å². The molecule has 2 heterocycles. The van der Waals surface area contributed by atoms with Crippen LogP contribution in [0.15, 0.2) is 56.1 Å². The number of aromatic nitrogens is 4. The second-order valence-electron chi connectivity index (χ2n) is 5.57. The van der Waals surface area contributed by atoms with Crippen LogP contribution in [-0.4, -0.2) is 19.7 Å². The molecule has 24 heavy (non-hydrogen) atoms. The van der Waals surface area contributed by atoms with Crippen molar-refractivity contribution in [3.63, 3.8) is 0 Å². The lowest BCUT2D eigenvalue weighted by molar-refractivity contribution is 0.464. The third kappa shape index (κ3) is 3.85. The van der Waals surface area contributed by atoms with Crippen LogP contribution in [0.1, 0.15) is 13.8 Å². The first-order valence-corrected chi connectivity index (χ1v) is 8.55. The van der Waals surface area contributed by atoms with Crippen molar-refractivity contribution in [2.45, 2.75) is 30.6 Å². The first-order valence-electron chi connectivity index (χ1n) is 7.35. The summed E-state index contributed by atoms with van der Waals surface area (Å²) in [6.07, 6.45) is 3.28. The van der Waals surface area contributed by atoms with Crippen LogP contribution < -0.4 is 5.56 Å². The normalized spacial score (nSPS) is 11.2. The SMILES string of the molecule is CC(C)Cn1ccnc(Sc2nnc(-c3ccc(Cl)cc3)o2)c1=O. The molecule has 1 aromatic carbocycles. The summed E-state index contributed by atoms with van der Waals surface area (Å²) in [5.41, 5.74) is 0.597. The zero-order valence-corrected chi connectivity index (χ0v) is 14.7. The Kier molecular flexibility index (Phi) is 5.01. The molecule has 0 aliphatic rings. The highest BCUT2D eigenvalue weighted by molar-refractivity contribution is 7.99. The van der Waals surface area contributed by atoms with Crippen molar-refractivity contribution in [3.05, 3.63) is 52.0 Å². The Morgan fingerprint density at radius 1 is 1.25 bits per heavy atom. The van der Waals surface area contributed by atoms with Gasteiger partial charge in [0.25, 0.3) is 10.8 Å². The lowest BCUT2D eigenvalue weighted by Gasteiger charge is -2.08. The van der Waals surface area contributed by atoms with E-state index in [1.54, 1.807) is 41.2 Å². The lowest BCUT2D eigenvalue weighted by Crippen LogP contribution is -2.24. The summed E-state index contributed by atoms with van der Waals surface area (Å²) < 4.78 is 7.23. The fourth-order valence-electron chi connectivity index (χ4n) is 2.08. The molecule has 0 spiro atoms. The topological polar surface area (TPSA) is 73.8 Å². The van der Waals surface area contributed by atoms with E-state index in [4.69, 9.17) is 16.0 Å². The van der Waals surface area contributed by atoms with Crippen molar-refractivity contribution >= 4 is 23.4 Å². The molecule has 8 heteroatoms. The highest BCUT2D eigenvalue weighted by Gasteiger charge is 2.14. The van der Waals surface area contributed by atoms with E-state index in [-0.39, 0.29) is 10.8 Å². The maximum atomic E-state index is 12.4. The number of benzene rings is 1. The van der Waals surface area contributed by atoms with E-state index < -0.39 is 0 Å². The Bertz CT molecular complexity index is 890. The van der Waals surface area contributed by atoms with Gasteiger partial charge in [0.15, 0.2) is 5.03 Å². The van der Waals surface area contributed by atoms with Gasteiger partial charge in [-0.25, -0.2) is 4.98 Å². The largest absolute Gasteiger partial charge is 0.411 e. The van der Waals surface area contributed by atoms with E-state index in [0.717, 1.165) is 17.3 Å². The van der Waals surface area contributed by atoms with E-state index in [0.29, 0.717) is 28.4 Å². The molecule has 3 rings (SSSR count). The fraction of sp³-hybridized carbons (Fsp3) is 0.250. The van der Waals surface area contributed by atoms with Crippen LogP contribution in [-0.2, 0) is 6.54 Å². The van der Waals surface area contributed by atoms with Gasteiger partial charge in [-0.3, -0.25) is 4.79 Å². The predicted octanol–water partition coefficient (Wildman–Crippen LogP) is 3.75. The first-order chi connectivity index (χ1) is 11.5. The van der Waals surface area contributed by atoms with Crippen LogP contribution in [0.5, 0.6) is 0 Å². The molecule has 0 unspecified atom stereocenters. The molecule has 6 nitrogen and oxygen atoms in total. The van der Waals surface area contributed by atoms with Gasteiger partial charge in [-0.05, 0) is 41.9 Å². The Labute approximate surface area is 147 Å². The van der Waals surface area contributed by atoms with Gasteiger partial charge in [-0.1, -0.05) is 25.4 Å². The molecule has 0 saturated carbocycles. The molecule has 0 aliphatic heterocycles. The van der Waals surface area contributed by atoms with E-state index in [1.165, 1.54) is 0 Å². The molecule has 0 aliphatic carbocycles. The van der Waals surface area contributed by atoms with Crippen molar-refractivity contribution in [1.29, 1.82) is 0 Å². The average molecular weight is 363 g/mol. The van der Waals surface area contributed by atoms with Crippen LogP contribution in [0.25, 0.3) is 11.5 Å². The summed E-state index contributed by atoms with van der Waals surface area (Å²) in [5.74, 6) is 0.732. The Morgan fingerprint density at radius 2 is 2.00 bits per heavy atom. The second kappa shape index (κ2) is 7.19. The smallest absolute Gasteiger partial charge is 0.283 e. The zero-order chi connectivity index (χ0) is 17.1. The molecule has 124 valence electrons. The average Bonchev–Trinajstić information content (AvgIpc) is 3.00. The van der Waals surface area contributed by atoms with Crippen molar-refractivity contribution in [2.75, 3.05) is 0 Å². The molecule has 3 aromatic rings. The molecule has 0 fully saturated rings. The van der Waals surface area contributed by atoms with Crippen molar-refractivity contribution < 1.29 is 4.42 Å². The van der Waals surface area contributed by atoms with Crippen LogP contribution in [0, 0.1) is 5.92 Å². The fourth-order valence-corrected chi connectivity index (χ4v) is 2.89. The number of hydrogen-bond donors (Lipinski definition) is 0. The van der Waals surface area contributed by atoms with Gasteiger partial charge in [0.2, 0.25) is 5.89 Å². The summed E-state index contributed by atoms with van der Waals surface area (Å²) in [6.45, 7) is 4.74. The Morgan fingerprint density at radius 3 is 2.71 bits per heavy atom. The molecule has 0 saturated heterocycles. The minimum atomic E-state index is -0.164. The van der Waals surface area contributed by atoms with E-state index in [1.807, 2.05) is 0 Å². The van der Waals surface area contributed by atoms with Gasteiger partial charge in [-0.2, -0.15) is 0 Å². The third-order valence-corrected chi connectivity index (χ3v) is 4.19. The molecule has 0 amide bonds. The quantitative estimate of drug-likeness (QED) is 0.688. The van der Waals surface area contributed by atoms with Gasteiger partial charge < -0.3 is 8.98 Å². The molecular weight excluding hydrogens is 348 g/mol. The maximum Gasteiger partial charge on any atom is 0.283 e. The molecule has 0 N–H and O–H groups in total. The Balaban J connectivity index is 1.82. The highest BCUT2D eigenvalue weighted by atomic mass is 35.5. The van der Waals surface area contributed by atoms with Gasteiger partial charge in [0, 0.05) is 29.5 Å². The number of rotatable bonds is 5. The summed E-state index contributed by atoms with van der Waals surface area (Å²) in [6, 6.07) is 7.08. The zero-order valence-electron chi connectivity index (χ0n) is 13.1. The summed E-state index contributed by atoms with van der Waals surface area (Å²) >= 11 is 6.93. The van der Waals surface area contributed by atoms with Gasteiger partial charge in [-0.15, -0.1) is 10.2 Å². The monoisotopic (exact) mass is 362 g/mol. The number of nitrogens with zero attached hydrogens (tertiary/aromatic N) is 4. The minimum Gasteiger partial charge on any atom is -0.411 e. The molecular formula is C16H15ClN4O2S. The highest BCUT2D eigenvalue weighted by Crippen LogP contribution is 2.26. The molecule has 0 radical (unpaired) electrons. The Hall–Kier alpha value is -2.12. The second-order valence-corrected chi connectivity index (χ2v) is 6.94. The molecule has 2 aromatic heterocycles. The van der Waals surface area contributed by atoms with Gasteiger partial charge in [0.05, 0.1) is 0 Å². The number of hydrogen-bond acceptors (Lipinski definition) is 6. The molecule has 0 bridgehead atoms. The summed E-state index contributed by atoms with van der Waals surface area (Å²) in [5, 5.41) is 9.17. The van der Waals surface area contributed by atoms with E-state index in [2.05, 4.69) is 29.0 Å². The first kappa shape index (κ1) is 16.7. The lowest BCUT2D eigenvalue weighted by atomic mass is 10.2. The summed E-state index contributed by atoms with van der Waals surface area (Å²) in [4.78, 5) is 16.5. The van der Waals surface area contributed by atoms with Gasteiger partial charge >= 0.3 is 0 Å². The van der Waals surface area contributed by atoms with Crippen LogP contribution in [0.2, 0.25) is 5.02 Å². The molecule has 0 atom stereocenters. The summed E-state index contributed by atoms with van der Waals surface area (Å²) in [7, 11) is 0. The van der Waals surface area contributed by atoms with Crippen LogP contribution >= 0.6 is 23.4 Å². The van der Waals surface area contributed by atoms with E-state index >= 15 is 0 Å². The van der Waals surface area contributed by atoms with Crippen LogP contribution in [0.4, 0.5) is 0 Å². The maximum absolute atomic E-state index is 12.4. The minimum absolute atomic E-state index is 0.164. The third-order valence-electron chi connectivity index (χ3n) is 3.13. The number of halogens is 1. The van der Waals surface area contributed by atoms with Crippen LogP contribution in [0.3, 0.4) is 0 Å². The van der Waals surface area contributed by atoms with Gasteiger partial charge in [0.1, 0.15) is 0 Å². The van der Waals surface area contributed by atoms with E-state index in [9.17, 15) is 4.79 Å². The van der Waals surface area contributed by atoms with Crippen molar-refractivity contribution in [1.82, 2.24) is 19.7 Å². The standard InChI is InChI=1S/C16H15ClN4O2S/c1-10(2)9-21-8-7-18-14(15(21)22)24-16-20-19-13(23-16)11-3-5-12(17)6-4-11/h3-8,10H,9H2,1-2H3.